The maximum Gasteiger partial charge on any atom is -0.0355 e. The standard InChI is InChI=1S/C22H36/c1-3-7-19-15(5-1)13-17-9-10-18-14-16-6-2-4-8-20(16)22(18)12-11-21(17)19/h15-22H,1-14H2. The molecular weight excluding hydrogens is 264 g/mol. The maximum absolute atomic E-state index is 1.64. The Kier molecular flexibility index (Phi) is 3.79. The van der Waals surface area contributed by atoms with Crippen LogP contribution < -0.4 is 0 Å². The van der Waals surface area contributed by atoms with Crippen molar-refractivity contribution in [2.75, 3.05) is 0 Å². The first-order chi connectivity index (χ1) is 10.9. The molecule has 8 unspecified atom stereocenters. The summed E-state index contributed by atoms with van der Waals surface area (Å²) in [5.74, 6) is 9.27. The summed E-state index contributed by atoms with van der Waals surface area (Å²) in [6, 6.07) is 0. The van der Waals surface area contributed by atoms with Crippen LogP contribution in [-0.4, -0.2) is 0 Å². The first-order valence-corrected chi connectivity index (χ1v) is 10.9. The molecule has 0 N–H and O–H groups in total. The Bertz CT molecular complexity index is 361. The first kappa shape index (κ1) is 14.4. The van der Waals surface area contributed by atoms with Crippen LogP contribution in [-0.2, 0) is 0 Å². The van der Waals surface area contributed by atoms with Crippen LogP contribution in [0, 0.1) is 47.3 Å². The van der Waals surface area contributed by atoms with Gasteiger partial charge in [-0.2, -0.15) is 0 Å². The lowest BCUT2D eigenvalue weighted by molar-refractivity contribution is 0.140. The highest BCUT2D eigenvalue weighted by Crippen LogP contribution is 2.58. The van der Waals surface area contributed by atoms with Gasteiger partial charge in [0.25, 0.3) is 0 Å². The fraction of sp³-hybridized carbons (Fsp3) is 1.00. The molecule has 0 heteroatoms. The van der Waals surface area contributed by atoms with E-state index >= 15 is 0 Å². The molecule has 0 amide bonds. The summed E-state index contributed by atoms with van der Waals surface area (Å²) in [7, 11) is 0. The van der Waals surface area contributed by atoms with Gasteiger partial charge in [-0.05, 0) is 98.7 Å². The van der Waals surface area contributed by atoms with Crippen LogP contribution in [0.1, 0.15) is 89.9 Å². The SMILES string of the molecule is C1CCC2C(C1)CC1CCC3CC4CCCCC4C3CCC12. The molecule has 5 aliphatic carbocycles. The predicted octanol–water partition coefficient (Wildman–Crippen LogP) is 6.45. The normalized spacial score (nSPS) is 54.5. The van der Waals surface area contributed by atoms with Gasteiger partial charge in [-0.15, -0.1) is 0 Å². The van der Waals surface area contributed by atoms with Gasteiger partial charge in [0.1, 0.15) is 0 Å². The summed E-state index contributed by atoms with van der Waals surface area (Å²) >= 11 is 0. The molecule has 0 aromatic rings. The van der Waals surface area contributed by atoms with E-state index in [4.69, 9.17) is 0 Å². The van der Waals surface area contributed by atoms with Gasteiger partial charge in [-0.1, -0.05) is 38.5 Å². The highest BCUT2D eigenvalue weighted by atomic mass is 14.5. The summed E-state index contributed by atoms with van der Waals surface area (Å²) in [5, 5.41) is 0. The lowest BCUT2D eigenvalue weighted by atomic mass is 9.69. The zero-order valence-electron chi connectivity index (χ0n) is 14.5. The Hall–Kier alpha value is 0. The second-order valence-electron chi connectivity index (χ2n) is 9.89. The molecule has 5 aliphatic rings. The van der Waals surface area contributed by atoms with Gasteiger partial charge < -0.3 is 0 Å². The topological polar surface area (TPSA) is 0 Å². The van der Waals surface area contributed by atoms with Crippen LogP contribution >= 0.6 is 0 Å². The molecule has 0 radical (unpaired) electrons. The van der Waals surface area contributed by atoms with Gasteiger partial charge in [0, 0.05) is 0 Å². The second kappa shape index (κ2) is 5.82. The molecule has 8 atom stereocenters. The molecule has 0 nitrogen and oxygen atoms in total. The highest BCUT2D eigenvalue weighted by molar-refractivity contribution is 4.98. The highest BCUT2D eigenvalue weighted by Gasteiger charge is 2.48. The molecule has 0 aliphatic heterocycles. The van der Waals surface area contributed by atoms with Gasteiger partial charge in [-0.3, -0.25) is 0 Å². The van der Waals surface area contributed by atoms with Gasteiger partial charge in [0.2, 0.25) is 0 Å². The number of hydrogen-bond donors (Lipinski definition) is 0. The average molecular weight is 301 g/mol. The molecule has 0 heterocycles. The summed E-state index contributed by atoms with van der Waals surface area (Å²) in [6.07, 6.45) is 22.4. The Morgan fingerprint density at radius 2 is 0.682 bits per heavy atom. The van der Waals surface area contributed by atoms with E-state index in [0.29, 0.717) is 0 Å². The minimum atomic E-state index is 1.15. The van der Waals surface area contributed by atoms with E-state index in [9.17, 15) is 0 Å². The van der Waals surface area contributed by atoms with Crippen LogP contribution in [0.25, 0.3) is 0 Å². The fourth-order valence-corrected chi connectivity index (χ4v) is 8.39. The summed E-state index contributed by atoms with van der Waals surface area (Å²) < 4.78 is 0. The Labute approximate surface area is 137 Å². The van der Waals surface area contributed by atoms with E-state index in [1.165, 1.54) is 11.8 Å². The average Bonchev–Trinajstić information content (AvgIpc) is 3.06. The third kappa shape index (κ3) is 2.30. The van der Waals surface area contributed by atoms with Gasteiger partial charge in [-0.25, -0.2) is 0 Å². The van der Waals surface area contributed by atoms with E-state index in [2.05, 4.69) is 0 Å². The molecular formula is C22H36. The molecule has 0 saturated heterocycles. The molecule has 5 rings (SSSR count). The molecule has 0 aromatic heterocycles. The van der Waals surface area contributed by atoms with Crippen LogP contribution in [0.15, 0.2) is 0 Å². The van der Waals surface area contributed by atoms with Crippen LogP contribution in [0.3, 0.4) is 0 Å². The van der Waals surface area contributed by atoms with Crippen molar-refractivity contribution in [1.29, 1.82) is 0 Å². The van der Waals surface area contributed by atoms with Crippen molar-refractivity contribution in [3.8, 4) is 0 Å². The van der Waals surface area contributed by atoms with E-state index in [1.54, 1.807) is 89.9 Å². The van der Waals surface area contributed by atoms with Gasteiger partial charge in [0.05, 0.1) is 0 Å². The third-order valence-corrected chi connectivity index (χ3v) is 9.20. The smallest absolute Gasteiger partial charge is 0.0355 e. The molecule has 124 valence electrons. The predicted molar refractivity (Wildman–Crippen MR) is 92.6 cm³/mol. The van der Waals surface area contributed by atoms with E-state index in [1.807, 2.05) is 0 Å². The number of hydrogen-bond acceptors (Lipinski definition) is 0. The lowest BCUT2D eigenvalue weighted by Crippen LogP contribution is -2.27. The Morgan fingerprint density at radius 1 is 0.318 bits per heavy atom. The summed E-state index contributed by atoms with van der Waals surface area (Å²) in [6.45, 7) is 0. The Morgan fingerprint density at radius 3 is 1.18 bits per heavy atom. The van der Waals surface area contributed by atoms with Crippen molar-refractivity contribution in [3.63, 3.8) is 0 Å². The molecule has 5 fully saturated rings. The lowest BCUT2D eigenvalue weighted by Gasteiger charge is -2.36. The zero-order chi connectivity index (χ0) is 14.5. The van der Waals surface area contributed by atoms with Crippen molar-refractivity contribution in [3.05, 3.63) is 0 Å². The number of fused-ring (bicyclic) bond motifs is 6. The molecule has 0 aromatic carbocycles. The second-order valence-corrected chi connectivity index (χ2v) is 9.89. The van der Waals surface area contributed by atoms with Crippen LogP contribution in [0.2, 0.25) is 0 Å². The van der Waals surface area contributed by atoms with E-state index in [-0.39, 0.29) is 0 Å². The van der Waals surface area contributed by atoms with Crippen molar-refractivity contribution in [1.82, 2.24) is 0 Å². The van der Waals surface area contributed by atoms with E-state index < -0.39 is 0 Å². The maximum atomic E-state index is 1.64. The van der Waals surface area contributed by atoms with Gasteiger partial charge >= 0.3 is 0 Å². The molecule has 0 bridgehead atoms. The first-order valence-electron chi connectivity index (χ1n) is 10.9. The molecule has 5 saturated carbocycles. The zero-order valence-corrected chi connectivity index (χ0v) is 14.5. The summed E-state index contributed by atoms with van der Waals surface area (Å²) in [5.41, 5.74) is 0. The minimum absolute atomic E-state index is 1.15. The summed E-state index contributed by atoms with van der Waals surface area (Å²) in [4.78, 5) is 0. The fourth-order valence-electron chi connectivity index (χ4n) is 8.39. The van der Waals surface area contributed by atoms with Crippen molar-refractivity contribution in [2.45, 2.75) is 89.9 Å². The van der Waals surface area contributed by atoms with Crippen molar-refractivity contribution in [2.24, 2.45) is 47.3 Å². The van der Waals surface area contributed by atoms with Crippen molar-refractivity contribution >= 4 is 0 Å². The van der Waals surface area contributed by atoms with E-state index in [0.717, 1.165) is 35.5 Å². The quantitative estimate of drug-likeness (QED) is 0.482. The van der Waals surface area contributed by atoms with Crippen molar-refractivity contribution < 1.29 is 0 Å². The molecule has 22 heavy (non-hydrogen) atoms. The third-order valence-electron chi connectivity index (χ3n) is 9.20. The van der Waals surface area contributed by atoms with Crippen LogP contribution in [0.5, 0.6) is 0 Å². The Balaban J connectivity index is 1.32. The van der Waals surface area contributed by atoms with Gasteiger partial charge in [0.15, 0.2) is 0 Å². The monoisotopic (exact) mass is 300 g/mol. The largest absolute Gasteiger partial charge is 0.0530 e. The molecule has 0 spiro atoms. The minimum Gasteiger partial charge on any atom is -0.0530 e. The number of rotatable bonds is 0. The van der Waals surface area contributed by atoms with Crippen LogP contribution in [0.4, 0.5) is 0 Å².